The van der Waals surface area contributed by atoms with Gasteiger partial charge in [-0.05, 0) is 57.6 Å². The number of imidazole rings is 1. The number of ether oxygens (including phenoxy) is 2. The first kappa shape index (κ1) is 25.9. The van der Waals surface area contributed by atoms with Crippen LogP contribution in [0, 0.1) is 6.92 Å². The highest BCUT2D eigenvalue weighted by Crippen LogP contribution is 2.18. The van der Waals surface area contributed by atoms with E-state index in [1.165, 1.54) is 12.8 Å². The molecule has 0 aromatic carbocycles. The van der Waals surface area contributed by atoms with Crippen LogP contribution in [0.2, 0.25) is 0 Å². The Morgan fingerprint density at radius 3 is 2.70 bits per heavy atom. The number of hydrogen-bond donors (Lipinski definition) is 1. The molecule has 1 unspecified atom stereocenters. The van der Waals surface area contributed by atoms with E-state index in [2.05, 4.69) is 33.2 Å². The second-order valence-electron chi connectivity index (χ2n) is 8.55. The van der Waals surface area contributed by atoms with E-state index in [1.807, 2.05) is 30.0 Å². The quantitative estimate of drug-likeness (QED) is 0.312. The number of nitrogens with zero attached hydrogens (tertiary/aromatic N) is 5. The number of aliphatic imine (C=N–C) groups is 1. The van der Waals surface area contributed by atoms with Crippen molar-refractivity contribution in [2.75, 3.05) is 32.8 Å². The molecule has 0 bridgehead atoms. The second-order valence-corrected chi connectivity index (χ2v) is 8.55. The maximum Gasteiger partial charge on any atom is 0.194 e. The van der Waals surface area contributed by atoms with Crippen LogP contribution >= 0.6 is 24.0 Å². The van der Waals surface area contributed by atoms with E-state index >= 15 is 0 Å². The van der Waals surface area contributed by atoms with Crippen molar-refractivity contribution in [2.24, 2.45) is 4.99 Å². The van der Waals surface area contributed by atoms with Crippen molar-refractivity contribution in [2.45, 2.75) is 64.7 Å². The van der Waals surface area contributed by atoms with Crippen LogP contribution in [0.4, 0.5) is 0 Å². The molecule has 33 heavy (non-hydrogen) atoms. The summed E-state index contributed by atoms with van der Waals surface area (Å²) in [5.41, 5.74) is 1.09. The number of halogens is 1. The molecular formula is C24H37IN6O2. The van der Waals surface area contributed by atoms with E-state index in [4.69, 9.17) is 14.5 Å². The van der Waals surface area contributed by atoms with Gasteiger partial charge in [0.2, 0.25) is 0 Å². The highest BCUT2D eigenvalue weighted by molar-refractivity contribution is 14.0. The number of guanidine groups is 1. The molecule has 182 valence electrons. The molecule has 4 heterocycles. The monoisotopic (exact) mass is 568 g/mol. The summed E-state index contributed by atoms with van der Waals surface area (Å²) in [6, 6.07) is 4.10. The Morgan fingerprint density at radius 2 is 2.06 bits per heavy atom. The minimum Gasteiger partial charge on any atom is -0.376 e. The van der Waals surface area contributed by atoms with E-state index in [0.717, 1.165) is 75.3 Å². The van der Waals surface area contributed by atoms with Gasteiger partial charge in [0.1, 0.15) is 11.6 Å². The summed E-state index contributed by atoms with van der Waals surface area (Å²) in [4.78, 5) is 16.1. The highest BCUT2D eigenvalue weighted by atomic mass is 127. The predicted molar refractivity (Wildman–Crippen MR) is 140 cm³/mol. The lowest BCUT2D eigenvalue weighted by Crippen LogP contribution is -2.47. The third-order valence-electron chi connectivity index (χ3n) is 6.16. The molecular weight excluding hydrogens is 531 g/mol. The molecule has 0 amide bonds. The van der Waals surface area contributed by atoms with Crippen LogP contribution in [0.3, 0.4) is 0 Å². The number of aryl methyl sites for hydroxylation is 1. The summed E-state index contributed by atoms with van der Waals surface area (Å²) in [6.45, 7) is 9.08. The molecule has 0 radical (unpaired) electrons. The first-order chi connectivity index (χ1) is 15.7. The van der Waals surface area contributed by atoms with E-state index in [-0.39, 0.29) is 24.0 Å². The van der Waals surface area contributed by atoms with Crippen molar-refractivity contribution in [3.63, 3.8) is 0 Å². The smallest absolute Gasteiger partial charge is 0.194 e. The molecule has 1 atom stereocenters. The van der Waals surface area contributed by atoms with Crippen molar-refractivity contribution in [3.05, 3.63) is 42.1 Å². The standard InChI is InChI=1S/C24H36N6O2.HI/c1-3-25-24(28-17-20-7-8-23(27-16-20)30-14-11-26-19(30)2)29-12-9-21(10-13-29)32-18-22-6-4-5-15-31-22;/h7-8,11,14,16,21-22H,3-6,9-10,12-13,15,17-18H2,1-2H3,(H,25,28);1H. The minimum atomic E-state index is 0. The van der Waals surface area contributed by atoms with Crippen molar-refractivity contribution in [1.82, 2.24) is 24.8 Å². The fourth-order valence-electron chi connectivity index (χ4n) is 4.28. The Balaban J connectivity index is 0.00000306. The number of likely N-dealkylation sites (tertiary alicyclic amines) is 1. The van der Waals surface area contributed by atoms with Gasteiger partial charge >= 0.3 is 0 Å². The number of nitrogens with one attached hydrogen (secondary N) is 1. The molecule has 9 heteroatoms. The number of pyridine rings is 1. The zero-order valence-electron chi connectivity index (χ0n) is 19.8. The summed E-state index contributed by atoms with van der Waals surface area (Å²) in [5, 5.41) is 3.44. The highest BCUT2D eigenvalue weighted by Gasteiger charge is 2.23. The van der Waals surface area contributed by atoms with Gasteiger partial charge in [0.05, 0.1) is 25.4 Å². The normalized spacial score (nSPS) is 19.9. The van der Waals surface area contributed by atoms with Gasteiger partial charge in [-0.15, -0.1) is 24.0 Å². The van der Waals surface area contributed by atoms with Crippen molar-refractivity contribution in [3.8, 4) is 5.82 Å². The molecule has 2 saturated heterocycles. The Bertz CT molecular complexity index is 858. The lowest BCUT2D eigenvalue weighted by atomic mass is 10.1. The summed E-state index contributed by atoms with van der Waals surface area (Å²) in [6.07, 6.45) is 11.9. The van der Waals surface area contributed by atoms with Gasteiger partial charge in [0, 0.05) is 44.8 Å². The average molecular weight is 569 g/mol. The van der Waals surface area contributed by atoms with Gasteiger partial charge in [-0.1, -0.05) is 6.07 Å². The molecule has 0 saturated carbocycles. The minimum absolute atomic E-state index is 0. The molecule has 1 N–H and O–H groups in total. The van der Waals surface area contributed by atoms with Crippen LogP contribution in [-0.4, -0.2) is 70.5 Å². The van der Waals surface area contributed by atoms with Crippen LogP contribution in [0.1, 0.15) is 50.4 Å². The summed E-state index contributed by atoms with van der Waals surface area (Å²) >= 11 is 0. The molecule has 8 nitrogen and oxygen atoms in total. The maximum absolute atomic E-state index is 6.16. The zero-order chi connectivity index (χ0) is 22.2. The topological polar surface area (TPSA) is 76.8 Å². The number of piperidine rings is 1. The third kappa shape index (κ3) is 7.38. The van der Waals surface area contributed by atoms with Crippen LogP contribution in [0.5, 0.6) is 0 Å². The van der Waals surface area contributed by atoms with Gasteiger partial charge < -0.3 is 19.7 Å². The zero-order valence-corrected chi connectivity index (χ0v) is 22.1. The molecule has 0 spiro atoms. The Kier molecular flexibility index (Phi) is 10.4. The van der Waals surface area contributed by atoms with Crippen LogP contribution in [0.15, 0.2) is 35.7 Å². The van der Waals surface area contributed by atoms with Gasteiger partial charge in [0.25, 0.3) is 0 Å². The molecule has 2 fully saturated rings. The number of rotatable bonds is 7. The number of hydrogen-bond acceptors (Lipinski definition) is 5. The van der Waals surface area contributed by atoms with Crippen molar-refractivity contribution < 1.29 is 9.47 Å². The van der Waals surface area contributed by atoms with Crippen LogP contribution in [-0.2, 0) is 16.0 Å². The average Bonchev–Trinajstić information content (AvgIpc) is 3.27. The summed E-state index contributed by atoms with van der Waals surface area (Å²) in [7, 11) is 0. The van der Waals surface area contributed by atoms with E-state index in [9.17, 15) is 0 Å². The van der Waals surface area contributed by atoms with Crippen molar-refractivity contribution in [1.29, 1.82) is 0 Å². The molecule has 2 aliphatic rings. The SMILES string of the molecule is CCNC(=NCc1ccc(-n2ccnc2C)nc1)N1CCC(OCC2CCCCO2)CC1.I. The van der Waals surface area contributed by atoms with Crippen LogP contribution < -0.4 is 5.32 Å². The Labute approximate surface area is 214 Å². The van der Waals surface area contributed by atoms with Gasteiger partial charge in [-0.2, -0.15) is 0 Å². The Hall–Kier alpha value is -1.72. The fourth-order valence-corrected chi connectivity index (χ4v) is 4.28. The first-order valence-corrected chi connectivity index (χ1v) is 11.9. The first-order valence-electron chi connectivity index (χ1n) is 11.9. The van der Waals surface area contributed by atoms with Crippen LogP contribution in [0.25, 0.3) is 5.82 Å². The lowest BCUT2D eigenvalue weighted by Gasteiger charge is -2.35. The molecule has 2 aliphatic heterocycles. The van der Waals surface area contributed by atoms with Gasteiger partial charge in [0.15, 0.2) is 5.96 Å². The largest absolute Gasteiger partial charge is 0.376 e. The van der Waals surface area contributed by atoms with Crippen molar-refractivity contribution >= 4 is 29.9 Å². The Morgan fingerprint density at radius 1 is 1.21 bits per heavy atom. The molecule has 0 aliphatic carbocycles. The molecule has 4 rings (SSSR count). The summed E-state index contributed by atoms with van der Waals surface area (Å²) < 4.78 is 13.9. The maximum atomic E-state index is 6.16. The van der Waals surface area contributed by atoms with Gasteiger partial charge in [-0.3, -0.25) is 4.57 Å². The molecule has 2 aromatic heterocycles. The molecule has 2 aromatic rings. The van der Waals surface area contributed by atoms with Gasteiger partial charge in [-0.25, -0.2) is 15.0 Å². The fraction of sp³-hybridized carbons (Fsp3) is 0.625. The third-order valence-corrected chi connectivity index (χ3v) is 6.16. The van der Waals surface area contributed by atoms with E-state index < -0.39 is 0 Å². The second kappa shape index (κ2) is 13.2. The van der Waals surface area contributed by atoms with E-state index in [1.54, 1.807) is 6.20 Å². The van der Waals surface area contributed by atoms with E-state index in [0.29, 0.717) is 18.8 Å². The number of aromatic nitrogens is 3. The summed E-state index contributed by atoms with van der Waals surface area (Å²) in [5.74, 6) is 2.77. The predicted octanol–water partition coefficient (Wildman–Crippen LogP) is 3.71. The lowest BCUT2D eigenvalue weighted by molar-refractivity contribution is -0.0721.